The van der Waals surface area contributed by atoms with Gasteiger partial charge in [-0.05, 0) is 12.8 Å². The highest BCUT2D eigenvalue weighted by molar-refractivity contribution is 7.16. The van der Waals surface area contributed by atoms with Crippen molar-refractivity contribution in [2.75, 3.05) is 37.7 Å². The van der Waals surface area contributed by atoms with E-state index in [9.17, 15) is 9.59 Å². The van der Waals surface area contributed by atoms with Crippen molar-refractivity contribution in [3.8, 4) is 11.3 Å². The van der Waals surface area contributed by atoms with Gasteiger partial charge in [-0.25, -0.2) is 4.98 Å². The zero-order valence-electron chi connectivity index (χ0n) is 15.7. The predicted octanol–water partition coefficient (Wildman–Crippen LogP) is 1.67. The molecule has 4 rings (SSSR count). The standard InChI is InChI=1S/C20H24N4O3S/c21-19(26)15-7-4-8-24(15)17(25)13-16-18(14-5-2-1-3-6-14)22-20(28-16)23-9-11-27-12-10-23/h1-3,5-6,15H,4,7-13H2,(H2,21,26)/t15-/m0/s1. The number of primary amides is 1. The molecule has 2 aliphatic heterocycles. The van der Waals surface area contributed by atoms with E-state index in [0.717, 1.165) is 40.8 Å². The molecule has 2 amide bonds. The molecule has 2 aromatic rings. The topological polar surface area (TPSA) is 88.8 Å². The predicted molar refractivity (Wildman–Crippen MR) is 108 cm³/mol. The number of anilines is 1. The number of carbonyl (C=O) groups is 2. The molecule has 28 heavy (non-hydrogen) atoms. The van der Waals surface area contributed by atoms with E-state index in [0.29, 0.717) is 26.2 Å². The van der Waals surface area contributed by atoms with E-state index in [1.54, 1.807) is 16.2 Å². The van der Waals surface area contributed by atoms with Crippen LogP contribution in [-0.2, 0) is 20.7 Å². The van der Waals surface area contributed by atoms with Crippen molar-refractivity contribution in [2.24, 2.45) is 5.73 Å². The number of hydrogen-bond donors (Lipinski definition) is 1. The van der Waals surface area contributed by atoms with Crippen molar-refractivity contribution in [2.45, 2.75) is 25.3 Å². The number of likely N-dealkylation sites (tertiary alicyclic amines) is 1. The molecule has 2 aliphatic rings. The fourth-order valence-corrected chi connectivity index (χ4v) is 4.90. The minimum absolute atomic E-state index is 0.0596. The van der Waals surface area contributed by atoms with Gasteiger partial charge in [-0.3, -0.25) is 9.59 Å². The number of nitrogens with zero attached hydrogens (tertiary/aromatic N) is 3. The van der Waals surface area contributed by atoms with Crippen LogP contribution in [-0.4, -0.2) is 60.6 Å². The Labute approximate surface area is 168 Å². The molecule has 148 valence electrons. The van der Waals surface area contributed by atoms with Crippen molar-refractivity contribution in [3.05, 3.63) is 35.2 Å². The number of thiazole rings is 1. The Balaban J connectivity index is 1.62. The third kappa shape index (κ3) is 3.88. The molecule has 1 atom stereocenters. The first kappa shape index (κ1) is 18.9. The normalized spacial score (nSPS) is 19.8. The minimum atomic E-state index is -0.487. The summed E-state index contributed by atoms with van der Waals surface area (Å²) in [5, 5.41) is 0.915. The summed E-state index contributed by atoms with van der Waals surface area (Å²) in [5.74, 6) is -0.483. The van der Waals surface area contributed by atoms with Gasteiger partial charge in [-0.1, -0.05) is 30.3 Å². The van der Waals surface area contributed by atoms with Crippen LogP contribution in [0.2, 0.25) is 0 Å². The van der Waals surface area contributed by atoms with Gasteiger partial charge in [0.05, 0.1) is 25.3 Å². The zero-order chi connectivity index (χ0) is 19.5. The van der Waals surface area contributed by atoms with Gasteiger partial charge in [-0.2, -0.15) is 0 Å². The van der Waals surface area contributed by atoms with Gasteiger partial charge in [0.25, 0.3) is 0 Å². The molecule has 0 unspecified atom stereocenters. The van der Waals surface area contributed by atoms with Crippen molar-refractivity contribution in [1.29, 1.82) is 0 Å². The lowest BCUT2D eigenvalue weighted by Gasteiger charge is -2.26. The van der Waals surface area contributed by atoms with Gasteiger partial charge in [-0.15, -0.1) is 11.3 Å². The highest BCUT2D eigenvalue weighted by atomic mass is 32.1. The Bertz CT molecular complexity index is 848. The first-order valence-corrected chi connectivity index (χ1v) is 10.4. The third-order valence-corrected chi connectivity index (χ3v) is 6.34. The van der Waals surface area contributed by atoms with Crippen LogP contribution in [0, 0.1) is 0 Å². The number of morpholine rings is 1. The molecule has 0 saturated carbocycles. The van der Waals surface area contributed by atoms with Gasteiger partial charge in [0.15, 0.2) is 5.13 Å². The largest absolute Gasteiger partial charge is 0.378 e. The minimum Gasteiger partial charge on any atom is -0.378 e. The number of aromatic nitrogens is 1. The molecule has 1 aromatic carbocycles. The molecule has 0 spiro atoms. The lowest BCUT2D eigenvalue weighted by molar-refractivity contribution is -0.136. The molecule has 2 saturated heterocycles. The second-order valence-corrected chi connectivity index (χ2v) is 8.12. The summed E-state index contributed by atoms with van der Waals surface area (Å²) < 4.78 is 5.44. The molecule has 2 N–H and O–H groups in total. The van der Waals surface area contributed by atoms with Gasteiger partial charge in [0, 0.05) is 30.1 Å². The smallest absolute Gasteiger partial charge is 0.240 e. The lowest BCUT2D eigenvalue weighted by Crippen LogP contribution is -2.44. The summed E-state index contributed by atoms with van der Waals surface area (Å²) in [4.78, 5) is 34.3. The van der Waals surface area contributed by atoms with E-state index in [-0.39, 0.29) is 12.3 Å². The van der Waals surface area contributed by atoms with E-state index < -0.39 is 11.9 Å². The number of carbonyl (C=O) groups excluding carboxylic acids is 2. The van der Waals surface area contributed by atoms with E-state index >= 15 is 0 Å². The number of ether oxygens (including phenoxy) is 1. The number of rotatable bonds is 5. The third-order valence-electron chi connectivity index (χ3n) is 5.23. The number of nitrogens with two attached hydrogens (primary N) is 1. The Morgan fingerprint density at radius 2 is 1.93 bits per heavy atom. The van der Waals surface area contributed by atoms with E-state index in [1.807, 2.05) is 30.3 Å². The summed E-state index contributed by atoms with van der Waals surface area (Å²) in [6.07, 6.45) is 1.69. The molecule has 0 radical (unpaired) electrons. The van der Waals surface area contributed by atoms with Gasteiger partial charge < -0.3 is 20.3 Å². The highest BCUT2D eigenvalue weighted by Gasteiger charge is 2.33. The summed E-state index contributed by atoms with van der Waals surface area (Å²) in [6.45, 7) is 3.55. The SMILES string of the molecule is NC(=O)[C@@H]1CCCN1C(=O)Cc1sc(N2CCOCC2)nc1-c1ccccc1. The summed E-state index contributed by atoms with van der Waals surface area (Å²) in [7, 11) is 0. The quantitative estimate of drug-likeness (QED) is 0.825. The van der Waals surface area contributed by atoms with Crippen LogP contribution in [0.1, 0.15) is 17.7 Å². The number of hydrogen-bond acceptors (Lipinski definition) is 6. The lowest BCUT2D eigenvalue weighted by atomic mass is 10.1. The Hall–Kier alpha value is -2.45. The summed E-state index contributed by atoms with van der Waals surface area (Å²) >= 11 is 1.55. The summed E-state index contributed by atoms with van der Waals surface area (Å²) in [5.41, 5.74) is 7.32. The fourth-order valence-electron chi connectivity index (χ4n) is 3.77. The van der Waals surface area contributed by atoms with E-state index in [1.165, 1.54) is 0 Å². The Morgan fingerprint density at radius 3 is 2.64 bits per heavy atom. The van der Waals surface area contributed by atoms with Crippen LogP contribution in [0.25, 0.3) is 11.3 Å². The van der Waals surface area contributed by atoms with Crippen LogP contribution < -0.4 is 10.6 Å². The summed E-state index contributed by atoms with van der Waals surface area (Å²) in [6, 6.07) is 9.43. The Morgan fingerprint density at radius 1 is 1.18 bits per heavy atom. The van der Waals surface area contributed by atoms with Crippen LogP contribution >= 0.6 is 11.3 Å². The average molecular weight is 401 g/mol. The van der Waals surface area contributed by atoms with Crippen LogP contribution in [0.4, 0.5) is 5.13 Å². The maximum Gasteiger partial charge on any atom is 0.240 e. The van der Waals surface area contributed by atoms with Gasteiger partial charge in [0.1, 0.15) is 6.04 Å². The van der Waals surface area contributed by atoms with Crippen molar-refractivity contribution in [1.82, 2.24) is 9.88 Å². The van der Waals surface area contributed by atoms with Crippen LogP contribution in [0.15, 0.2) is 30.3 Å². The maximum absolute atomic E-state index is 13.0. The zero-order valence-corrected chi connectivity index (χ0v) is 16.5. The van der Waals surface area contributed by atoms with Gasteiger partial charge in [0.2, 0.25) is 11.8 Å². The molecule has 7 nitrogen and oxygen atoms in total. The first-order valence-electron chi connectivity index (χ1n) is 9.60. The molecular formula is C20H24N4O3S. The highest BCUT2D eigenvalue weighted by Crippen LogP contribution is 2.34. The van der Waals surface area contributed by atoms with Crippen molar-refractivity contribution in [3.63, 3.8) is 0 Å². The van der Waals surface area contributed by atoms with Gasteiger partial charge >= 0.3 is 0 Å². The Kier molecular flexibility index (Phi) is 5.59. The number of benzene rings is 1. The second kappa shape index (κ2) is 8.28. The maximum atomic E-state index is 13.0. The fraction of sp³-hybridized carbons (Fsp3) is 0.450. The van der Waals surface area contributed by atoms with Crippen molar-refractivity contribution >= 4 is 28.3 Å². The molecular weight excluding hydrogens is 376 g/mol. The van der Waals surface area contributed by atoms with E-state index in [4.69, 9.17) is 15.5 Å². The first-order chi connectivity index (χ1) is 13.6. The molecule has 8 heteroatoms. The molecule has 1 aromatic heterocycles. The van der Waals surface area contributed by atoms with E-state index in [2.05, 4.69) is 4.90 Å². The van der Waals surface area contributed by atoms with Crippen LogP contribution in [0.5, 0.6) is 0 Å². The second-order valence-electron chi connectivity index (χ2n) is 7.06. The number of amides is 2. The van der Waals surface area contributed by atoms with Crippen molar-refractivity contribution < 1.29 is 14.3 Å². The molecule has 0 bridgehead atoms. The average Bonchev–Trinajstić information content (AvgIpc) is 3.37. The van der Waals surface area contributed by atoms with Crippen LogP contribution in [0.3, 0.4) is 0 Å². The molecule has 2 fully saturated rings. The molecule has 3 heterocycles. The molecule has 0 aliphatic carbocycles. The monoisotopic (exact) mass is 400 g/mol.